The lowest BCUT2D eigenvalue weighted by Crippen LogP contribution is -2.46. The van der Waals surface area contributed by atoms with Gasteiger partial charge in [-0.15, -0.1) is 11.3 Å². The van der Waals surface area contributed by atoms with Crippen LogP contribution in [0, 0.1) is 11.8 Å². The number of β-amino-alcohol motifs (C(OH)–C–C–N with tert-alkyl or cyclic N) is 1. The highest BCUT2D eigenvalue weighted by molar-refractivity contribution is 7.12. The Morgan fingerprint density at radius 2 is 1.95 bits per heavy atom. The Morgan fingerprint density at radius 1 is 1.21 bits per heavy atom. The van der Waals surface area contributed by atoms with Gasteiger partial charge < -0.3 is 10.8 Å². The second kappa shape index (κ2) is 7.63. The van der Waals surface area contributed by atoms with Gasteiger partial charge in [0.15, 0.2) is 0 Å². The standard InChI is InChI=1S/C14H21N3OS/c15-5-1-2-13-3-4-14(19-13)12-17-8-6-16(7-9-17)10-11-18/h3-4,18H,5-12,15H2. The molecule has 0 atom stereocenters. The minimum absolute atomic E-state index is 0.258. The monoisotopic (exact) mass is 279 g/mol. The van der Waals surface area contributed by atoms with E-state index >= 15 is 0 Å². The van der Waals surface area contributed by atoms with Crippen LogP contribution in [0.15, 0.2) is 12.1 Å². The van der Waals surface area contributed by atoms with Crippen molar-refractivity contribution in [1.29, 1.82) is 0 Å². The van der Waals surface area contributed by atoms with Crippen LogP contribution in [-0.4, -0.2) is 60.8 Å². The summed E-state index contributed by atoms with van der Waals surface area (Å²) in [7, 11) is 0. The second-order valence-electron chi connectivity index (χ2n) is 4.61. The molecule has 0 radical (unpaired) electrons. The lowest BCUT2D eigenvalue weighted by atomic mass is 10.3. The molecule has 1 aromatic rings. The average molecular weight is 279 g/mol. The van der Waals surface area contributed by atoms with E-state index in [0.29, 0.717) is 6.54 Å². The number of hydrogen-bond donors (Lipinski definition) is 2. The summed E-state index contributed by atoms with van der Waals surface area (Å²) in [4.78, 5) is 7.22. The molecule has 1 fully saturated rings. The molecule has 0 saturated carbocycles. The maximum absolute atomic E-state index is 8.92. The maximum atomic E-state index is 8.92. The Bertz CT molecular complexity index is 441. The number of piperazine rings is 1. The molecule has 0 bridgehead atoms. The fourth-order valence-corrected chi connectivity index (χ4v) is 3.13. The zero-order valence-electron chi connectivity index (χ0n) is 11.1. The lowest BCUT2D eigenvalue weighted by Gasteiger charge is -2.34. The molecule has 1 aromatic heterocycles. The number of rotatable bonds is 4. The number of aliphatic hydroxyl groups is 1. The first kappa shape index (κ1) is 14.5. The van der Waals surface area contributed by atoms with E-state index in [2.05, 4.69) is 33.8 Å². The SMILES string of the molecule is NCC#Cc1ccc(CN2CCN(CCO)CC2)s1. The van der Waals surface area contributed by atoms with Gasteiger partial charge in [0.2, 0.25) is 0 Å². The summed E-state index contributed by atoms with van der Waals surface area (Å²) >= 11 is 1.75. The third-order valence-electron chi connectivity index (χ3n) is 3.24. The zero-order valence-corrected chi connectivity index (χ0v) is 12.0. The van der Waals surface area contributed by atoms with Crippen molar-refractivity contribution in [2.75, 3.05) is 45.9 Å². The molecule has 0 aliphatic carbocycles. The van der Waals surface area contributed by atoms with Crippen LogP contribution in [0.25, 0.3) is 0 Å². The summed E-state index contributed by atoms with van der Waals surface area (Å²) in [6.45, 7) is 6.71. The van der Waals surface area contributed by atoms with Crippen molar-refractivity contribution >= 4 is 11.3 Å². The predicted octanol–water partition coefficient (Wildman–Crippen LogP) is 0.168. The van der Waals surface area contributed by atoms with E-state index in [1.807, 2.05) is 0 Å². The van der Waals surface area contributed by atoms with Crippen molar-refractivity contribution in [3.63, 3.8) is 0 Å². The molecule has 4 nitrogen and oxygen atoms in total. The summed E-state index contributed by atoms with van der Waals surface area (Å²) in [5.74, 6) is 5.96. The topological polar surface area (TPSA) is 52.7 Å². The van der Waals surface area contributed by atoms with Gasteiger partial charge >= 0.3 is 0 Å². The van der Waals surface area contributed by atoms with Crippen LogP contribution < -0.4 is 5.73 Å². The van der Waals surface area contributed by atoms with E-state index < -0.39 is 0 Å². The van der Waals surface area contributed by atoms with Crippen molar-refractivity contribution in [2.24, 2.45) is 5.73 Å². The van der Waals surface area contributed by atoms with E-state index in [0.717, 1.165) is 44.1 Å². The number of aliphatic hydroxyl groups excluding tert-OH is 1. The van der Waals surface area contributed by atoms with Crippen molar-refractivity contribution in [3.05, 3.63) is 21.9 Å². The number of nitrogens with zero attached hydrogens (tertiary/aromatic N) is 2. The molecule has 0 aromatic carbocycles. The molecule has 2 heterocycles. The Labute approximate surface area is 118 Å². The lowest BCUT2D eigenvalue weighted by molar-refractivity contribution is 0.109. The van der Waals surface area contributed by atoms with Gasteiger partial charge in [-0.05, 0) is 12.1 Å². The number of hydrogen-bond acceptors (Lipinski definition) is 5. The van der Waals surface area contributed by atoms with E-state index in [9.17, 15) is 0 Å². The fraction of sp³-hybridized carbons (Fsp3) is 0.571. The predicted molar refractivity (Wildman–Crippen MR) is 79.1 cm³/mol. The van der Waals surface area contributed by atoms with Gasteiger partial charge in [-0.2, -0.15) is 0 Å². The highest BCUT2D eigenvalue weighted by atomic mass is 32.1. The average Bonchev–Trinajstić information content (AvgIpc) is 2.87. The van der Waals surface area contributed by atoms with Crippen LogP contribution >= 0.6 is 11.3 Å². The molecule has 0 unspecified atom stereocenters. The molecular formula is C14H21N3OS. The quantitative estimate of drug-likeness (QED) is 0.772. The fourth-order valence-electron chi connectivity index (χ4n) is 2.20. The molecule has 3 N–H and O–H groups in total. The Morgan fingerprint density at radius 3 is 2.63 bits per heavy atom. The summed E-state index contributed by atoms with van der Waals surface area (Å²) in [6.07, 6.45) is 0. The molecule has 1 saturated heterocycles. The molecular weight excluding hydrogens is 258 g/mol. The smallest absolute Gasteiger partial charge is 0.0772 e. The Balaban J connectivity index is 1.80. The maximum Gasteiger partial charge on any atom is 0.0772 e. The number of thiophene rings is 1. The van der Waals surface area contributed by atoms with E-state index in [-0.39, 0.29) is 6.61 Å². The molecule has 2 rings (SSSR count). The highest BCUT2D eigenvalue weighted by Gasteiger charge is 2.16. The van der Waals surface area contributed by atoms with E-state index in [1.165, 1.54) is 4.88 Å². The van der Waals surface area contributed by atoms with Crippen molar-refractivity contribution < 1.29 is 5.11 Å². The Hall–Kier alpha value is -0.900. The highest BCUT2D eigenvalue weighted by Crippen LogP contribution is 2.18. The Kier molecular flexibility index (Phi) is 5.83. The van der Waals surface area contributed by atoms with Crippen molar-refractivity contribution in [1.82, 2.24) is 9.80 Å². The summed E-state index contributed by atoms with van der Waals surface area (Å²) in [5, 5.41) is 8.92. The van der Waals surface area contributed by atoms with Gasteiger partial charge in [-0.25, -0.2) is 0 Å². The van der Waals surface area contributed by atoms with Crippen LogP contribution in [-0.2, 0) is 6.54 Å². The van der Waals surface area contributed by atoms with Gasteiger partial charge in [-0.1, -0.05) is 11.8 Å². The molecule has 1 aliphatic rings. The molecule has 5 heteroatoms. The van der Waals surface area contributed by atoms with E-state index in [4.69, 9.17) is 10.8 Å². The van der Waals surface area contributed by atoms with Crippen LogP contribution in [0.1, 0.15) is 9.75 Å². The van der Waals surface area contributed by atoms with Crippen LogP contribution in [0.4, 0.5) is 0 Å². The van der Waals surface area contributed by atoms with Gasteiger partial charge in [0.25, 0.3) is 0 Å². The molecule has 0 amide bonds. The molecule has 19 heavy (non-hydrogen) atoms. The number of nitrogens with two attached hydrogens (primary N) is 1. The largest absolute Gasteiger partial charge is 0.395 e. The second-order valence-corrected chi connectivity index (χ2v) is 5.78. The normalized spacial score (nSPS) is 17.2. The van der Waals surface area contributed by atoms with Crippen molar-refractivity contribution in [3.8, 4) is 11.8 Å². The third kappa shape index (κ3) is 4.60. The minimum atomic E-state index is 0.258. The summed E-state index contributed by atoms with van der Waals surface area (Å²) < 4.78 is 0. The molecule has 0 spiro atoms. The van der Waals surface area contributed by atoms with E-state index in [1.54, 1.807) is 11.3 Å². The van der Waals surface area contributed by atoms with Crippen LogP contribution in [0.2, 0.25) is 0 Å². The summed E-state index contributed by atoms with van der Waals surface area (Å²) in [5.41, 5.74) is 5.37. The zero-order chi connectivity index (χ0) is 13.5. The first-order valence-electron chi connectivity index (χ1n) is 6.65. The summed E-state index contributed by atoms with van der Waals surface area (Å²) in [6, 6.07) is 4.23. The molecule has 1 aliphatic heterocycles. The van der Waals surface area contributed by atoms with Gasteiger partial charge in [0, 0.05) is 44.1 Å². The van der Waals surface area contributed by atoms with Gasteiger partial charge in [-0.3, -0.25) is 9.80 Å². The van der Waals surface area contributed by atoms with Gasteiger partial charge in [0.1, 0.15) is 0 Å². The third-order valence-corrected chi connectivity index (χ3v) is 4.22. The van der Waals surface area contributed by atoms with Crippen LogP contribution in [0.3, 0.4) is 0 Å². The van der Waals surface area contributed by atoms with Crippen molar-refractivity contribution in [2.45, 2.75) is 6.54 Å². The van der Waals surface area contributed by atoms with Gasteiger partial charge in [0.05, 0.1) is 18.0 Å². The first-order chi connectivity index (χ1) is 9.31. The minimum Gasteiger partial charge on any atom is -0.395 e. The molecule has 104 valence electrons. The first-order valence-corrected chi connectivity index (χ1v) is 7.46. The van der Waals surface area contributed by atoms with Crippen LogP contribution in [0.5, 0.6) is 0 Å².